The maximum absolute atomic E-state index is 11.2. The monoisotopic (exact) mass is 332 g/mol. The minimum Gasteiger partial charge on any atom is -0.478 e. The molecule has 0 aromatic carbocycles. The van der Waals surface area contributed by atoms with Crippen LogP contribution in [0.1, 0.15) is 84.0 Å². The second-order valence-electron chi connectivity index (χ2n) is 8.84. The molecule has 0 aromatic heterocycles. The molecule has 0 bridgehead atoms. The van der Waals surface area contributed by atoms with Gasteiger partial charge in [0, 0.05) is 6.08 Å². The Balaban J connectivity index is 1.76. The van der Waals surface area contributed by atoms with Gasteiger partial charge in [0.1, 0.15) is 0 Å². The van der Waals surface area contributed by atoms with Gasteiger partial charge in [-0.15, -0.1) is 0 Å². The van der Waals surface area contributed by atoms with E-state index in [1.54, 1.807) is 0 Å². The van der Waals surface area contributed by atoms with Gasteiger partial charge in [0.25, 0.3) is 0 Å². The van der Waals surface area contributed by atoms with Crippen molar-refractivity contribution in [2.45, 2.75) is 84.0 Å². The first-order valence-corrected chi connectivity index (χ1v) is 10.6. The van der Waals surface area contributed by atoms with E-state index in [1.807, 2.05) is 0 Å². The lowest BCUT2D eigenvalue weighted by atomic mass is 9.66. The lowest BCUT2D eigenvalue weighted by Gasteiger charge is -2.38. The van der Waals surface area contributed by atoms with Crippen molar-refractivity contribution in [3.63, 3.8) is 0 Å². The van der Waals surface area contributed by atoms with Gasteiger partial charge in [-0.3, -0.25) is 0 Å². The summed E-state index contributed by atoms with van der Waals surface area (Å²) in [6, 6.07) is 0. The van der Waals surface area contributed by atoms with Gasteiger partial charge in [0.05, 0.1) is 0 Å². The summed E-state index contributed by atoms with van der Waals surface area (Å²) in [5, 5.41) is 9.19. The van der Waals surface area contributed by atoms with Gasteiger partial charge in [0.15, 0.2) is 0 Å². The van der Waals surface area contributed by atoms with Gasteiger partial charge in [-0.1, -0.05) is 77.2 Å². The molecule has 0 spiro atoms. The predicted octanol–water partition coefficient (Wildman–Crippen LogP) is 6.07. The first-order chi connectivity index (χ1) is 11.7. The van der Waals surface area contributed by atoms with Crippen molar-refractivity contribution in [1.82, 2.24) is 0 Å². The van der Waals surface area contributed by atoms with Gasteiger partial charge in [-0.05, 0) is 48.3 Å². The van der Waals surface area contributed by atoms with Crippen molar-refractivity contribution in [3.8, 4) is 0 Å². The molecule has 2 heteroatoms. The van der Waals surface area contributed by atoms with Crippen molar-refractivity contribution >= 4 is 5.97 Å². The van der Waals surface area contributed by atoms with Crippen molar-refractivity contribution in [2.75, 3.05) is 0 Å². The molecule has 3 rings (SSSR count). The molecular formula is C22H36O2. The van der Waals surface area contributed by atoms with Crippen LogP contribution in [-0.2, 0) is 4.79 Å². The Morgan fingerprint density at radius 3 is 2.25 bits per heavy atom. The number of carboxylic acids is 1. The molecular weight excluding hydrogens is 296 g/mol. The molecule has 2 nitrogen and oxygen atoms in total. The number of hydrogen-bond donors (Lipinski definition) is 1. The fourth-order valence-electron chi connectivity index (χ4n) is 6.34. The number of rotatable bonds is 6. The fraction of sp³-hybridized carbons (Fsp3) is 0.864. The van der Waals surface area contributed by atoms with Crippen LogP contribution in [0.25, 0.3) is 0 Å². The van der Waals surface area contributed by atoms with Gasteiger partial charge in [-0.2, -0.15) is 0 Å². The Labute approximate surface area is 148 Å². The summed E-state index contributed by atoms with van der Waals surface area (Å²) in [5.74, 6) is 3.70. The van der Waals surface area contributed by atoms with E-state index in [1.165, 1.54) is 83.1 Å². The molecule has 3 aliphatic carbocycles. The summed E-state index contributed by atoms with van der Waals surface area (Å²) in [7, 11) is 0. The van der Waals surface area contributed by atoms with E-state index in [-0.39, 0.29) is 0 Å². The van der Waals surface area contributed by atoms with Crippen LogP contribution in [0.5, 0.6) is 0 Å². The number of hydrogen-bond acceptors (Lipinski definition) is 1. The third kappa shape index (κ3) is 4.24. The second kappa shape index (κ2) is 8.54. The van der Waals surface area contributed by atoms with Gasteiger partial charge >= 0.3 is 5.97 Å². The Hall–Kier alpha value is -0.790. The normalized spacial score (nSPS) is 32.4. The molecule has 3 saturated carbocycles. The van der Waals surface area contributed by atoms with Crippen molar-refractivity contribution < 1.29 is 9.90 Å². The summed E-state index contributed by atoms with van der Waals surface area (Å²) in [6.07, 6.45) is 20.2. The summed E-state index contributed by atoms with van der Waals surface area (Å²) in [6.45, 7) is 2.43. The van der Waals surface area contributed by atoms with E-state index in [2.05, 4.69) is 13.0 Å². The van der Waals surface area contributed by atoms with E-state index >= 15 is 0 Å². The van der Waals surface area contributed by atoms with E-state index in [0.717, 1.165) is 23.7 Å². The third-order valence-electron chi connectivity index (χ3n) is 7.59. The molecule has 4 atom stereocenters. The first-order valence-electron chi connectivity index (χ1n) is 10.6. The van der Waals surface area contributed by atoms with Crippen LogP contribution in [0.2, 0.25) is 0 Å². The zero-order chi connectivity index (χ0) is 16.9. The highest BCUT2D eigenvalue weighted by atomic mass is 16.4. The van der Waals surface area contributed by atoms with Crippen LogP contribution < -0.4 is 0 Å². The quantitative estimate of drug-likeness (QED) is 0.600. The lowest BCUT2D eigenvalue weighted by molar-refractivity contribution is -0.131. The van der Waals surface area contributed by atoms with Crippen molar-refractivity contribution in [3.05, 3.63) is 12.2 Å². The maximum Gasteiger partial charge on any atom is 0.327 e. The smallest absolute Gasteiger partial charge is 0.327 e. The molecule has 0 heterocycles. The third-order valence-corrected chi connectivity index (χ3v) is 7.59. The number of carboxylic acid groups (broad SMARTS) is 1. The zero-order valence-corrected chi connectivity index (χ0v) is 15.5. The largest absolute Gasteiger partial charge is 0.478 e. The van der Waals surface area contributed by atoms with Crippen molar-refractivity contribution in [1.29, 1.82) is 0 Å². The highest BCUT2D eigenvalue weighted by Crippen LogP contribution is 2.50. The molecule has 0 radical (unpaired) electrons. The first kappa shape index (κ1) is 18.0. The summed E-state index contributed by atoms with van der Waals surface area (Å²) < 4.78 is 0. The predicted molar refractivity (Wildman–Crippen MR) is 98.8 cm³/mol. The molecule has 0 aliphatic heterocycles. The minimum absolute atomic E-state index is 0.484. The fourth-order valence-corrected chi connectivity index (χ4v) is 6.34. The Kier molecular flexibility index (Phi) is 6.41. The average Bonchev–Trinajstić information content (AvgIpc) is 3.26. The van der Waals surface area contributed by atoms with Crippen LogP contribution in [0.15, 0.2) is 12.2 Å². The Bertz CT molecular complexity index is 429. The van der Waals surface area contributed by atoms with Crippen LogP contribution in [0.4, 0.5) is 0 Å². The van der Waals surface area contributed by atoms with E-state index in [4.69, 9.17) is 0 Å². The highest BCUT2D eigenvalue weighted by Gasteiger charge is 2.41. The molecule has 3 aliphatic rings. The molecule has 3 fully saturated rings. The van der Waals surface area contributed by atoms with Crippen molar-refractivity contribution in [2.24, 2.45) is 35.5 Å². The molecule has 24 heavy (non-hydrogen) atoms. The highest BCUT2D eigenvalue weighted by molar-refractivity contribution is 5.79. The number of aliphatic carboxylic acids is 1. The van der Waals surface area contributed by atoms with E-state index in [9.17, 15) is 9.90 Å². The van der Waals surface area contributed by atoms with Gasteiger partial charge in [0.2, 0.25) is 0 Å². The molecule has 0 saturated heterocycles. The van der Waals surface area contributed by atoms with Crippen LogP contribution in [-0.4, -0.2) is 11.1 Å². The SMILES string of the molecule is CC(C1CCCCC1)C(/C=C/C(=O)O)C1CCCC1C1CCCC1. The molecule has 4 unspecified atom stereocenters. The van der Waals surface area contributed by atoms with E-state index < -0.39 is 5.97 Å². The average molecular weight is 333 g/mol. The zero-order valence-electron chi connectivity index (χ0n) is 15.5. The van der Waals surface area contributed by atoms with Crippen LogP contribution in [0.3, 0.4) is 0 Å². The minimum atomic E-state index is -0.772. The second-order valence-corrected chi connectivity index (χ2v) is 8.84. The topological polar surface area (TPSA) is 37.3 Å². The Morgan fingerprint density at radius 2 is 1.58 bits per heavy atom. The lowest BCUT2D eigenvalue weighted by Crippen LogP contribution is -2.31. The standard InChI is InChI=1S/C22H36O2/c1-16(17-8-3-2-4-9-17)19(14-15-22(23)24)21-13-7-12-20(21)18-10-5-6-11-18/h14-21H,2-13H2,1H3,(H,23,24)/b15-14+. The summed E-state index contributed by atoms with van der Waals surface area (Å²) in [5.41, 5.74) is 0. The maximum atomic E-state index is 11.2. The molecule has 136 valence electrons. The molecule has 0 amide bonds. The molecule has 1 N–H and O–H groups in total. The van der Waals surface area contributed by atoms with Gasteiger partial charge < -0.3 is 5.11 Å². The summed E-state index contributed by atoms with van der Waals surface area (Å²) in [4.78, 5) is 11.2. The van der Waals surface area contributed by atoms with Crippen LogP contribution in [0, 0.1) is 35.5 Å². The Morgan fingerprint density at radius 1 is 0.917 bits per heavy atom. The van der Waals surface area contributed by atoms with E-state index in [0.29, 0.717) is 11.8 Å². The molecule has 0 aromatic rings. The van der Waals surface area contributed by atoms with Crippen LogP contribution >= 0.6 is 0 Å². The number of carbonyl (C=O) groups is 1. The summed E-state index contributed by atoms with van der Waals surface area (Å²) >= 11 is 0. The van der Waals surface area contributed by atoms with Gasteiger partial charge in [-0.25, -0.2) is 4.79 Å². The number of allylic oxidation sites excluding steroid dienone is 1.